The van der Waals surface area contributed by atoms with Crippen molar-refractivity contribution in [2.24, 2.45) is 0 Å². The number of anilines is 1. The van der Waals surface area contributed by atoms with Gasteiger partial charge in [-0.2, -0.15) is 0 Å². The normalized spacial score (nSPS) is 11.5. The van der Waals surface area contributed by atoms with Crippen LogP contribution in [0.15, 0.2) is 28.7 Å². The van der Waals surface area contributed by atoms with Crippen molar-refractivity contribution in [3.63, 3.8) is 0 Å². The van der Waals surface area contributed by atoms with Crippen molar-refractivity contribution in [1.82, 2.24) is 9.97 Å². The number of hydrogen-bond acceptors (Lipinski definition) is 3. The molecule has 3 nitrogen and oxygen atoms in total. The van der Waals surface area contributed by atoms with Crippen molar-refractivity contribution < 1.29 is 4.39 Å². The van der Waals surface area contributed by atoms with Crippen molar-refractivity contribution >= 4 is 21.7 Å². The second kappa shape index (κ2) is 6.10. The van der Waals surface area contributed by atoms with Crippen LogP contribution in [0.25, 0.3) is 11.4 Å². The lowest BCUT2D eigenvalue weighted by Crippen LogP contribution is -2.16. The average molecular weight is 352 g/mol. The predicted molar refractivity (Wildman–Crippen MR) is 88.0 cm³/mol. The highest BCUT2D eigenvalue weighted by molar-refractivity contribution is 9.10. The maximum absolute atomic E-state index is 13.2. The molecule has 112 valence electrons. The highest BCUT2D eigenvalue weighted by Crippen LogP contribution is 2.30. The van der Waals surface area contributed by atoms with Crippen LogP contribution < -0.4 is 5.32 Å². The summed E-state index contributed by atoms with van der Waals surface area (Å²) >= 11 is 3.38. The van der Waals surface area contributed by atoms with Gasteiger partial charge in [0.2, 0.25) is 0 Å². The van der Waals surface area contributed by atoms with Gasteiger partial charge in [0, 0.05) is 28.1 Å². The first-order valence-electron chi connectivity index (χ1n) is 6.90. The highest BCUT2D eigenvalue weighted by Gasteiger charge is 2.19. The van der Waals surface area contributed by atoms with E-state index in [1.54, 1.807) is 6.07 Å². The van der Waals surface area contributed by atoms with Gasteiger partial charge in [0.15, 0.2) is 5.82 Å². The summed E-state index contributed by atoms with van der Waals surface area (Å²) in [6.07, 6.45) is 0. The van der Waals surface area contributed by atoms with Crippen LogP contribution in [0, 0.1) is 5.82 Å². The predicted octanol–water partition coefficient (Wildman–Crippen LogP) is 4.77. The van der Waals surface area contributed by atoms with Crippen LogP contribution >= 0.6 is 15.9 Å². The molecule has 0 unspecified atom stereocenters. The van der Waals surface area contributed by atoms with Gasteiger partial charge >= 0.3 is 0 Å². The zero-order chi connectivity index (χ0) is 15.6. The van der Waals surface area contributed by atoms with Crippen LogP contribution in [0.4, 0.5) is 10.2 Å². The zero-order valence-corrected chi connectivity index (χ0v) is 14.3. The van der Waals surface area contributed by atoms with E-state index in [0.29, 0.717) is 10.3 Å². The van der Waals surface area contributed by atoms with E-state index in [1.807, 2.05) is 13.0 Å². The lowest BCUT2D eigenvalue weighted by Gasteiger charge is -2.20. The van der Waals surface area contributed by atoms with E-state index < -0.39 is 0 Å². The fourth-order valence-corrected chi connectivity index (χ4v) is 2.42. The molecule has 2 aromatic rings. The molecule has 1 N–H and O–H groups in total. The summed E-state index contributed by atoms with van der Waals surface area (Å²) in [6, 6.07) is 6.50. The molecule has 21 heavy (non-hydrogen) atoms. The summed E-state index contributed by atoms with van der Waals surface area (Å²) in [7, 11) is 0. The lowest BCUT2D eigenvalue weighted by molar-refractivity contribution is 0.568. The number of nitrogens with one attached hydrogen (secondary N) is 1. The Bertz CT molecular complexity index is 650. The smallest absolute Gasteiger partial charge is 0.162 e. The minimum Gasteiger partial charge on any atom is -0.370 e. The van der Waals surface area contributed by atoms with Crippen molar-refractivity contribution in [3.05, 3.63) is 40.2 Å². The van der Waals surface area contributed by atoms with E-state index in [1.165, 1.54) is 12.1 Å². The lowest BCUT2D eigenvalue weighted by atomic mass is 9.91. The fourth-order valence-electron chi connectivity index (χ4n) is 1.89. The standard InChI is InChI=1S/C16H19BrFN3/c1-5-19-14-9-13(16(2,3)4)20-15(21-14)11-7-6-10(18)8-12(11)17/h6-9H,5H2,1-4H3,(H,19,20,21). The van der Waals surface area contributed by atoms with Crippen LogP contribution in [0.3, 0.4) is 0 Å². The summed E-state index contributed by atoms with van der Waals surface area (Å²) in [6.45, 7) is 9.12. The Balaban J connectivity index is 2.59. The number of halogens is 2. The molecule has 0 spiro atoms. The SMILES string of the molecule is CCNc1cc(C(C)(C)C)nc(-c2ccc(F)cc2Br)n1. The van der Waals surface area contributed by atoms with Crippen molar-refractivity contribution in [2.75, 3.05) is 11.9 Å². The molecule has 0 saturated carbocycles. The molecule has 0 aliphatic carbocycles. The number of aromatic nitrogens is 2. The van der Waals surface area contributed by atoms with Crippen molar-refractivity contribution in [3.8, 4) is 11.4 Å². The van der Waals surface area contributed by atoms with Gasteiger partial charge < -0.3 is 5.32 Å². The molecule has 1 heterocycles. The first-order valence-corrected chi connectivity index (χ1v) is 7.69. The van der Waals surface area contributed by atoms with Gasteiger partial charge in [0.1, 0.15) is 11.6 Å². The summed E-state index contributed by atoms with van der Waals surface area (Å²) in [5.41, 5.74) is 1.63. The molecule has 0 fully saturated rings. The van der Waals surface area contributed by atoms with E-state index in [-0.39, 0.29) is 11.2 Å². The topological polar surface area (TPSA) is 37.8 Å². The number of benzene rings is 1. The first-order chi connectivity index (χ1) is 9.81. The van der Waals surface area contributed by atoms with Crippen LogP contribution in [0.5, 0.6) is 0 Å². The van der Waals surface area contributed by atoms with Gasteiger partial charge in [-0.1, -0.05) is 20.8 Å². The molecule has 0 aliphatic heterocycles. The molecule has 0 saturated heterocycles. The minimum atomic E-state index is -0.287. The Kier molecular flexibility index (Phi) is 4.61. The van der Waals surface area contributed by atoms with Crippen LogP contribution in [-0.4, -0.2) is 16.5 Å². The summed E-state index contributed by atoms with van der Waals surface area (Å²) < 4.78 is 13.9. The number of hydrogen-bond donors (Lipinski definition) is 1. The number of rotatable bonds is 3. The van der Waals surface area contributed by atoms with E-state index in [2.05, 4.69) is 52.0 Å². The minimum absolute atomic E-state index is 0.0889. The molecule has 0 amide bonds. The van der Waals surface area contributed by atoms with E-state index in [4.69, 9.17) is 0 Å². The third-order valence-corrected chi connectivity index (χ3v) is 3.68. The number of nitrogens with zero attached hydrogens (tertiary/aromatic N) is 2. The van der Waals surface area contributed by atoms with Gasteiger partial charge in [-0.05, 0) is 41.1 Å². The average Bonchev–Trinajstić information content (AvgIpc) is 2.37. The van der Waals surface area contributed by atoms with Crippen molar-refractivity contribution in [1.29, 1.82) is 0 Å². The van der Waals surface area contributed by atoms with Crippen LogP contribution in [0.1, 0.15) is 33.4 Å². The molecule has 0 atom stereocenters. The van der Waals surface area contributed by atoms with E-state index in [9.17, 15) is 4.39 Å². The Labute approximate surface area is 133 Å². The first kappa shape index (κ1) is 15.9. The Hall–Kier alpha value is -1.49. The van der Waals surface area contributed by atoms with Gasteiger partial charge in [-0.15, -0.1) is 0 Å². The molecule has 1 aromatic heterocycles. The Morgan fingerprint density at radius 3 is 2.48 bits per heavy atom. The second-order valence-corrected chi connectivity index (χ2v) is 6.72. The maximum atomic E-state index is 13.2. The summed E-state index contributed by atoms with van der Waals surface area (Å²) in [5.74, 6) is 1.08. The molecule has 0 radical (unpaired) electrons. The molecule has 0 bridgehead atoms. The van der Waals surface area contributed by atoms with Gasteiger partial charge in [0.25, 0.3) is 0 Å². The zero-order valence-electron chi connectivity index (χ0n) is 12.7. The van der Waals surface area contributed by atoms with E-state index in [0.717, 1.165) is 23.6 Å². The second-order valence-electron chi connectivity index (χ2n) is 5.87. The van der Waals surface area contributed by atoms with Crippen molar-refractivity contribution in [2.45, 2.75) is 33.1 Å². The summed E-state index contributed by atoms with van der Waals surface area (Å²) in [4.78, 5) is 9.17. The third-order valence-electron chi connectivity index (χ3n) is 3.02. The van der Waals surface area contributed by atoms with Crippen LogP contribution in [-0.2, 0) is 5.41 Å². The molecular weight excluding hydrogens is 333 g/mol. The largest absolute Gasteiger partial charge is 0.370 e. The monoisotopic (exact) mass is 351 g/mol. The Morgan fingerprint density at radius 2 is 1.90 bits per heavy atom. The Morgan fingerprint density at radius 1 is 1.19 bits per heavy atom. The summed E-state index contributed by atoms with van der Waals surface area (Å²) in [5, 5.41) is 3.22. The maximum Gasteiger partial charge on any atom is 0.162 e. The van der Waals surface area contributed by atoms with Crippen LogP contribution in [0.2, 0.25) is 0 Å². The van der Waals surface area contributed by atoms with Gasteiger partial charge in [-0.3, -0.25) is 0 Å². The fraction of sp³-hybridized carbons (Fsp3) is 0.375. The molecule has 5 heteroatoms. The molecule has 2 rings (SSSR count). The molecule has 0 aliphatic rings. The molecule has 1 aromatic carbocycles. The van der Waals surface area contributed by atoms with E-state index >= 15 is 0 Å². The van der Waals surface area contributed by atoms with Gasteiger partial charge in [0.05, 0.1) is 5.69 Å². The molecular formula is C16H19BrFN3. The third kappa shape index (κ3) is 3.79. The highest BCUT2D eigenvalue weighted by atomic mass is 79.9. The van der Waals surface area contributed by atoms with Gasteiger partial charge in [-0.25, -0.2) is 14.4 Å². The quantitative estimate of drug-likeness (QED) is 0.864.